The van der Waals surface area contributed by atoms with Crippen LogP contribution in [0.5, 0.6) is 0 Å². The van der Waals surface area contributed by atoms with Crippen LogP contribution in [0.4, 0.5) is 0 Å². The number of hydrogen-bond acceptors (Lipinski definition) is 5. The fourth-order valence-electron chi connectivity index (χ4n) is 2.44. The summed E-state index contributed by atoms with van der Waals surface area (Å²) in [4.78, 5) is 24.5. The van der Waals surface area contributed by atoms with E-state index in [1.165, 1.54) is 0 Å². The molecule has 0 aromatic heterocycles. The minimum Gasteiger partial charge on any atom is -0.467 e. The molecule has 0 saturated heterocycles. The highest BCUT2D eigenvalue weighted by Gasteiger charge is 2.25. The van der Waals surface area contributed by atoms with Crippen molar-refractivity contribution in [2.45, 2.75) is 12.5 Å². The second-order valence-electron chi connectivity index (χ2n) is 5.54. The van der Waals surface area contributed by atoms with E-state index in [1.54, 1.807) is 24.3 Å². The zero-order chi connectivity index (χ0) is 19.2. The van der Waals surface area contributed by atoms with E-state index in [0.717, 1.165) is 12.7 Å². The predicted octanol–water partition coefficient (Wildman–Crippen LogP) is 1.90. The van der Waals surface area contributed by atoms with Gasteiger partial charge in [0.05, 0.1) is 12.9 Å². The van der Waals surface area contributed by atoms with Gasteiger partial charge in [0.1, 0.15) is 6.04 Å². The molecule has 7 nitrogen and oxygen atoms in total. The van der Waals surface area contributed by atoms with Crippen molar-refractivity contribution < 1.29 is 27.3 Å². The zero-order valence-corrected chi connectivity index (χ0v) is 14.9. The summed E-state index contributed by atoms with van der Waals surface area (Å²) in [5.74, 6) is -2.01. The summed E-state index contributed by atoms with van der Waals surface area (Å²) in [7, 11) is -3.14. The Labute approximate surface area is 151 Å². The number of amides is 1. The molecule has 0 unspecified atom stereocenters. The summed E-state index contributed by atoms with van der Waals surface area (Å²) < 4.78 is 35.3. The molecule has 0 radical (unpaired) electrons. The van der Waals surface area contributed by atoms with Crippen molar-refractivity contribution in [3.05, 3.63) is 60.2 Å². The van der Waals surface area contributed by atoms with Gasteiger partial charge in [0, 0.05) is 5.56 Å². The van der Waals surface area contributed by atoms with Gasteiger partial charge in [-0.1, -0.05) is 48.5 Å². The van der Waals surface area contributed by atoms with Crippen LogP contribution in [0.2, 0.25) is 0 Å². The van der Waals surface area contributed by atoms with Gasteiger partial charge in [-0.3, -0.25) is 9.35 Å². The highest BCUT2D eigenvalue weighted by molar-refractivity contribution is 7.85. The van der Waals surface area contributed by atoms with Gasteiger partial charge in [-0.05, 0) is 23.6 Å². The first-order chi connectivity index (χ1) is 12.3. The highest BCUT2D eigenvalue weighted by atomic mass is 32.2. The normalized spacial score (nSPS) is 12.2. The SMILES string of the molecule is COC(=O)[C@H](CCS(=O)(=O)O)NC(=O)c1ccccc1-c1ccccc1. The summed E-state index contributed by atoms with van der Waals surface area (Å²) in [6.07, 6.45) is -0.301. The molecular formula is C18H19NO6S. The molecule has 0 aliphatic rings. The zero-order valence-electron chi connectivity index (χ0n) is 14.1. The number of ether oxygens (including phenoxy) is 1. The predicted molar refractivity (Wildman–Crippen MR) is 96.2 cm³/mol. The largest absolute Gasteiger partial charge is 0.467 e. The Morgan fingerprint density at radius 1 is 1.08 bits per heavy atom. The number of rotatable bonds is 7. The Bertz CT molecular complexity index is 880. The van der Waals surface area contributed by atoms with Crippen LogP contribution in [0.25, 0.3) is 11.1 Å². The van der Waals surface area contributed by atoms with Gasteiger partial charge in [-0.25, -0.2) is 4.79 Å². The molecule has 0 heterocycles. The molecule has 2 N–H and O–H groups in total. The molecule has 0 aliphatic heterocycles. The van der Waals surface area contributed by atoms with Gasteiger partial charge < -0.3 is 10.1 Å². The maximum absolute atomic E-state index is 12.7. The van der Waals surface area contributed by atoms with E-state index in [9.17, 15) is 18.0 Å². The second kappa shape index (κ2) is 8.59. The fraction of sp³-hybridized carbons (Fsp3) is 0.222. The number of benzene rings is 2. The van der Waals surface area contributed by atoms with Gasteiger partial charge in [0.25, 0.3) is 16.0 Å². The summed E-state index contributed by atoms with van der Waals surface area (Å²) in [5.41, 5.74) is 1.83. The molecule has 2 rings (SSSR count). The first-order valence-electron chi connectivity index (χ1n) is 7.80. The summed E-state index contributed by atoms with van der Waals surface area (Å²) in [6.45, 7) is 0. The van der Waals surface area contributed by atoms with Crippen molar-refractivity contribution in [2.24, 2.45) is 0 Å². The third-order valence-electron chi connectivity index (χ3n) is 3.71. The number of carbonyl (C=O) groups is 2. The van der Waals surface area contributed by atoms with Crippen molar-refractivity contribution >= 4 is 22.0 Å². The molecule has 0 bridgehead atoms. The van der Waals surface area contributed by atoms with Crippen LogP contribution < -0.4 is 5.32 Å². The van der Waals surface area contributed by atoms with Gasteiger partial charge in [-0.2, -0.15) is 8.42 Å². The first kappa shape index (κ1) is 19.6. The van der Waals surface area contributed by atoms with Crippen LogP contribution in [-0.4, -0.2) is 43.8 Å². The molecule has 2 aromatic carbocycles. The van der Waals surface area contributed by atoms with Crippen LogP contribution in [0.15, 0.2) is 54.6 Å². The lowest BCUT2D eigenvalue weighted by molar-refractivity contribution is -0.142. The Morgan fingerprint density at radius 2 is 1.69 bits per heavy atom. The third-order valence-corrected chi connectivity index (χ3v) is 4.46. The smallest absolute Gasteiger partial charge is 0.328 e. The quantitative estimate of drug-likeness (QED) is 0.563. The van der Waals surface area contributed by atoms with Gasteiger partial charge in [0.2, 0.25) is 0 Å². The van der Waals surface area contributed by atoms with Gasteiger partial charge in [0.15, 0.2) is 0 Å². The monoisotopic (exact) mass is 377 g/mol. The van der Waals surface area contributed by atoms with E-state index >= 15 is 0 Å². The van der Waals surface area contributed by atoms with E-state index in [1.807, 2.05) is 30.3 Å². The molecule has 138 valence electrons. The van der Waals surface area contributed by atoms with Crippen molar-refractivity contribution in [1.29, 1.82) is 0 Å². The van der Waals surface area contributed by atoms with E-state index in [2.05, 4.69) is 10.1 Å². The minimum atomic E-state index is -4.27. The number of hydrogen-bond donors (Lipinski definition) is 2. The van der Waals surface area contributed by atoms with Gasteiger partial charge in [-0.15, -0.1) is 0 Å². The summed E-state index contributed by atoms with van der Waals surface area (Å²) in [5, 5.41) is 2.48. The van der Waals surface area contributed by atoms with E-state index < -0.39 is 33.8 Å². The topological polar surface area (TPSA) is 110 Å². The van der Waals surface area contributed by atoms with Crippen LogP contribution in [0.1, 0.15) is 16.8 Å². The maximum atomic E-state index is 12.7. The number of carbonyl (C=O) groups excluding carboxylic acids is 2. The lowest BCUT2D eigenvalue weighted by Gasteiger charge is -2.17. The van der Waals surface area contributed by atoms with Crippen LogP contribution in [0, 0.1) is 0 Å². The Kier molecular flexibility index (Phi) is 6.48. The Hall–Kier alpha value is -2.71. The molecular weight excluding hydrogens is 358 g/mol. The molecule has 1 atom stereocenters. The van der Waals surface area contributed by atoms with Crippen molar-refractivity contribution in [3.63, 3.8) is 0 Å². The van der Waals surface area contributed by atoms with Crippen molar-refractivity contribution in [1.82, 2.24) is 5.32 Å². The van der Waals surface area contributed by atoms with E-state index in [0.29, 0.717) is 11.1 Å². The maximum Gasteiger partial charge on any atom is 0.328 e. The summed E-state index contributed by atoms with van der Waals surface area (Å²) >= 11 is 0. The molecule has 2 aromatic rings. The average Bonchev–Trinajstić information content (AvgIpc) is 2.64. The third kappa shape index (κ3) is 5.40. The first-order valence-corrected chi connectivity index (χ1v) is 9.41. The molecule has 0 saturated carbocycles. The molecule has 8 heteroatoms. The van der Waals surface area contributed by atoms with Crippen molar-refractivity contribution in [2.75, 3.05) is 12.9 Å². The molecule has 0 spiro atoms. The number of methoxy groups -OCH3 is 1. The van der Waals surface area contributed by atoms with Crippen LogP contribution >= 0.6 is 0 Å². The molecule has 0 aliphatic carbocycles. The molecule has 1 amide bonds. The number of nitrogens with one attached hydrogen (secondary N) is 1. The Balaban J connectivity index is 2.26. The van der Waals surface area contributed by atoms with Crippen LogP contribution in [0.3, 0.4) is 0 Å². The van der Waals surface area contributed by atoms with Gasteiger partial charge >= 0.3 is 5.97 Å². The lowest BCUT2D eigenvalue weighted by atomic mass is 9.99. The van der Waals surface area contributed by atoms with E-state index in [-0.39, 0.29) is 6.42 Å². The van der Waals surface area contributed by atoms with Crippen LogP contribution in [-0.2, 0) is 19.6 Å². The molecule has 0 fully saturated rings. The second-order valence-corrected chi connectivity index (χ2v) is 7.11. The highest BCUT2D eigenvalue weighted by Crippen LogP contribution is 2.23. The standard InChI is InChI=1S/C18H19NO6S/c1-25-18(21)16(11-12-26(22,23)24)19-17(20)15-10-6-5-9-14(15)13-7-3-2-4-8-13/h2-10,16H,11-12H2,1H3,(H,19,20)(H,22,23,24)/t16-/m0/s1. The molecule has 26 heavy (non-hydrogen) atoms. The minimum absolute atomic E-state index is 0.301. The summed E-state index contributed by atoms with van der Waals surface area (Å²) in [6, 6.07) is 14.9. The average molecular weight is 377 g/mol. The Morgan fingerprint density at radius 3 is 2.31 bits per heavy atom. The number of esters is 1. The van der Waals surface area contributed by atoms with Crippen molar-refractivity contribution in [3.8, 4) is 11.1 Å². The lowest BCUT2D eigenvalue weighted by Crippen LogP contribution is -2.42. The van der Waals surface area contributed by atoms with E-state index in [4.69, 9.17) is 4.55 Å². The fourth-order valence-corrected chi connectivity index (χ4v) is 2.98.